The number of halogens is 1. The second-order valence-electron chi connectivity index (χ2n) is 7.54. The SMILES string of the molecule is Cc1cc2nc(NC(=O)C3CCN(S(=O)(=O)c4ccc(F)cc4)CC3)sc2cc1C. The van der Waals surface area contributed by atoms with E-state index in [2.05, 4.69) is 16.4 Å². The molecule has 30 heavy (non-hydrogen) atoms. The van der Waals surface area contributed by atoms with Gasteiger partial charge in [-0.3, -0.25) is 4.79 Å². The Morgan fingerprint density at radius 2 is 1.77 bits per heavy atom. The van der Waals surface area contributed by atoms with Crippen LogP contribution in [0.2, 0.25) is 0 Å². The van der Waals surface area contributed by atoms with Crippen molar-refractivity contribution in [3.63, 3.8) is 0 Å². The number of benzene rings is 2. The summed E-state index contributed by atoms with van der Waals surface area (Å²) in [5.41, 5.74) is 3.19. The molecule has 158 valence electrons. The monoisotopic (exact) mass is 447 g/mol. The molecule has 0 radical (unpaired) electrons. The fourth-order valence-corrected chi connectivity index (χ4v) is 5.97. The molecule has 1 fully saturated rings. The number of rotatable bonds is 4. The summed E-state index contributed by atoms with van der Waals surface area (Å²) in [7, 11) is -3.69. The summed E-state index contributed by atoms with van der Waals surface area (Å²) in [6.07, 6.45) is 0.852. The quantitative estimate of drug-likeness (QED) is 0.653. The Morgan fingerprint density at radius 3 is 2.43 bits per heavy atom. The van der Waals surface area contributed by atoms with Crippen LogP contribution in [-0.2, 0) is 14.8 Å². The highest BCUT2D eigenvalue weighted by atomic mass is 32.2. The number of thiazole rings is 1. The lowest BCUT2D eigenvalue weighted by atomic mass is 9.97. The number of piperidine rings is 1. The summed E-state index contributed by atoms with van der Waals surface area (Å²) in [6, 6.07) is 8.87. The first kappa shape index (κ1) is 20.9. The molecule has 2 heterocycles. The van der Waals surface area contributed by atoms with Crippen LogP contribution >= 0.6 is 11.3 Å². The summed E-state index contributed by atoms with van der Waals surface area (Å²) >= 11 is 1.44. The van der Waals surface area contributed by atoms with Crippen molar-refractivity contribution in [2.24, 2.45) is 5.92 Å². The molecule has 6 nitrogen and oxygen atoms in total. The van der Waals surface area contributed by atoms with Gasteiger partial charge >= 0.3 is 0 Å². The number of hydrogen-bond acceptors (Lipinski definition) is 5. The van der Waals surface area contributed by atoms with Crippen molar-refractivity contribution >= 4 is 42.6 Å². The average Bonchev–Trinajstić information content (AvgIpc) is 3.09. The van der Waals surface area contributed by atoms with Gasteiger partial charge in [0.15, 0.2) is 5.13 Å². The number of nitrogens with zero attached hydrogens (tertiary/aromatic N) is 2. The lowest BCUT2D eigenvalue weighted by Crippen LogP contribution is -2.41. The average molecular weight is 448 g/mol. The smallest absolute Gasteiger partial charge is 0.243 e. The number of aromatic nitrogens is 1. The summed E-state index contributed by atoms with van der Waals surface area (Å²) in [6.45, 7) is 4.56. The van der Waals surface area contributed by atoms with Gasteiger partial charge in [0.05, 0.1) is 15.1 Å². The molecule has 1 aliphatic heterocycles. The molecule has 1 amide bonds. The van der Waals surface area contributed by atoms with E-state index in [0.29, 0.717) is 18.0 Å². The first-order valence-corrected chi connectivity index (χ1v) is 11.9. The molecular formula is C21H22FN3O3S2. The van der Waals surface area contributed by atoms with E-state index in [1.54, 1.807) is 0 Å². The maximum Gasteiger partial charge on any atom is 0.243 e. The van der Waals surface area contributed by atoms with Gasteiger partial charge in [-0.15, -0.1) is 0 Å². The van der Waals surface area contributed by atoms with E-state index in [1.165, 1.54) is 33.3 Å². The predicted octanol–water partition coefficient (Wildman–Crippen LogP) is 4.09. The van der Waals surface area contributed by atoms with Gasteiger partial charge in [-0.05, 0) is 74.2 Å². The fraction of sp³-hybridized carbons (Fsp3) is 0.333. The molecule has 0 spiro atoms. The number of hydrogen-bond donors (Lipinski definition) is 1. The number of fused-ring (bicyclic) bond motifs is 1. The molecule has 1 aromatic heterocycles. The van der Waals surface area contributed by atoms with Crippen LogP contribution in [0.1, 0.15) is 24.0 Å². The minimum absolute atomic E-state index is 0.0619. The Labute approximate surface area is 178 Å². The highest BCUT2D eigenvalue weighted by Gasteiger charge is 2.32. The number of sulfonamides is 1. The first-order chi connectivity index (χ1) is 14.2. The number of aryl methyl sites for hydroxylation is 2. The highest BCUT2D eigenvalue weighted by molar-refractivity contribution is 7.89. The van der Waals surface area contributed by atoms with Gasteiger partial charge in [0.25, 0.3) is 0 Å². The van der Waals surface area contributed by atoms with Gasteiger partial charge in [0.1, 0.15) is 5.82 Å². The second kappa shape index (κ2) is 8.05. The van der Waals surface area contributed by atoms with Gasteiger partial charge in [-0.1, -0.05) is 11.3 Å². The second-order valence-corrected chi connectivity index (χ2v) is 10.5. The van der Waals surface area contributed by atoms with Crippen LogP contribution in [0, 0.1) is 25.6 Å². The van der Waals surface area contributed by atoms with E-state index >= 15 is 0 Å². The molecule has 0 atom stereocenters. The van der Waals surface area contributed by atoms with Crippen LogP contribution in [0.25, 0.3) is 10.2 Å². The molecule has 0 bridgehead atoms. The van der Waals surface area contributed by atoms with Crippen molar-refractivity contribution in [1.29, 1.82) is 0 Å². The van der Waals surface area contributed by atoms with Gasteiger partial charge < -0.3 is 5.32 Å². The molecule has 4 rings (SSSR count). The van der Waals surface area contributed by atoms with Gasteiger partial charge in [-0.2, -0.15) is 4.31 Å². The summed E-state index contributed by atoms with van der Waals surface area (Å²) in [5, 5.41) is 3.45. The first-order valence-electron chi connectivity index (χ1n) is 9.68. The number of anilines is 1. The van der Waals surface area contributed by atoms with Crippen molar-refractivity contribution in [3.05, 3.63) is 53.3 Å². The van der Waals surface area contributed by atoms with Crippen LogP contribution in [0.3, 0.4) is 0 Å². The Morgan fingerprint density at radius 1 is 1.13 bits per heavy atom. The Hall–Kier alpha value is -2.36. The zero-order valence-corrected chi connectivity index (χ0v) is 18.3. The zero-order chi connectivity index (χ0) is 21.5. The maximum absolute atomic E-state index is 13.1. The lowest BCUT2D eigenvalue weighted by Gasteiger charge is -2.30. The van der Waals surface area contributed by atoms with E-state index in [4.69, 9.17) is 0 Å². The number of nitrogens with one attached hydrogen (secondary N) is 1. The minimum atomic E-state index is -3.69. The van der Waals surface area contributed by atoms with Crippen molar-refractivity contribution in [3.8, 4) is 0 Å². The number of carbonyl (C=O) groups excluding carboxylic acids is 1. The standard InChI is InChI=1S/C21H22FN3O3S2/c1-13-11-18-19(12-14(13)2)29-21(23-18)24-20(26)15-7-9-25(10-8-15)30(27,28)17-5-3-16(22)4-6-17/h3-6,11-12,15H,7-10H2,1-2H3,(H,23,24,26). The predicted molar refractivity (Wildman–Crippen MR) is 116 cm³/mol. The van der Waals surface area contributed by atoms with Crippen LogP contribution in [-0.4, -0.2) is 36.7 Å². The van der Waals surface area contributed by atoms with Gasteiger partial charge in [0, 0.05) is 19.0 Å². The van der Waals surface area contributed by atoms with Gasteiger partial charge in [0.2, 0.25) is 15.9 Å². The lowest BCUT2D eigenvalue weighted by molar-refractivity contribution is -0.120. The molecule has 2 aromatic carbocycles. The molecule has 0 unspecified atom stereocenters. The molecule has 1 N–H and O–H groups in total. The summed E-state index contributed by atoms with van der Waals surface area (Å²) in [5.74, 6) is -0.897. The summed E-state index contributed by atoms with van der Waals surface area (Å²) in [4.78, 5) is 17.2. The third kappa shape index (κ3) is 4.10. The largest absolute Gasteiger partial charge is 0.302 e. The van der Waals surface area contributed by atoms with Crippen LogP contribution in [0.5, 0.6) is 0 Å². The van der Waals surface area contributed by atoms with E-state index in [9.17, 15) is 17.6 Å². The van der Waals surface area contributed by atoms with Crippen molar-refractivity contribution in [2.75, 3.05) is 18.4 Å². The normalized spacial score (nSPS) is 16.1. The van der Waals surface area contributed by atoms with Crippen molar-refractivity contribution < 1.29 is 17.6 Å². The molecule has 1 aliphatic rings. The summed E-state index contributed by atoms with van der Waals surface area (Å²) < 4.78 is 40.9. The van der Waals surface area contributed by atoms with Crippen LogP contribution < -0.4 is 5.32 Å². The molecule has 1 saturated heterocycles. The number of amides is 1. The van der Waals surface area contributed by atoms with E-state index in [0.717, 1.165) is 27.9 Å². The van der Waals surface area contributed by atoms with E-state index in [-0.39, 0.29) is 29.8 Å². The van der Waals surface area contributed by atoms with E-state index in [1.807, 2.05) is 19.9 Å². The molecule has 0 saturated carbocycles. The van der Waals surface area contributed by atoms with Crippen LogP contribution in [0.15, 0.2) is 41.3 Å². The molecule has 0 aliphatic carbocycles. The third-order valence-electron chi connectivity index (χ3n) is 5.51. The highest BCUT2D eigenvalue weighted by Crippen LogP contribution is 2.30. The third-order valence-corrected chi connectivity index (χ3v) is 8.36. The maximum atomic E-state index is 13.1. The van der Waals surface area contributed by atoms with E-state index < -0.39 is 15.8 Å². The zero-order valence-electron chi connectivity index (χ0n) is 16.7. The minimum Gasteiger partial charge on any atom is -0.302 e. The molecular weight excluding hydrogens is 425 g/mol. The molecule has 9 heteroatoms. The Kier molecular flexibility index (Phi) is 5.61. The van der Waals surface area contributed by atoms with Crippen LogP contribution in [0.4, 0.5) is 9.52 Å². The van der Waals surface area contributed by atoms with Crippen molar-refractivity contribution in [1.82, 2.24) is 9.29 Å². The topological polar surface area (TPSA) is 79.4 Å². The van der Waals surface area contributed by atoms with Gasteiger partial charge in [-0.25, -0.2) is 17.8 Å². The molecule has 3 aromatic rings. The fourth-order valence-electron chi connectivity index (χ4n) is 3.55. The van der Waals surface area contributed by atoms with Crippen molar-refractivity contribution in [2.45, 2.75) is 31.6 Å². The Balaban J connectivity index is 1.40. The Bertz CT molecular complexity index is 1160. The number of carbonyl (C=O) groups is 1.